The van der Waals surface area contributed by atoms with Gasteiger partial charge in [0.25, 0.3) is 0 Å². The highest BCUT2D eigenvalue weighted by Gasteiger charge is 2.32. The molecule has 68 valence electrons. The van der Waals surface area contributed by atoms with Crippen LogP contribution in [0.5, 0.6) is 0 Å². The summed E-state index contributed by atoms with van der Waals surface area (Å²) in [5.41, 5.74) is 0. The van der Waals surface area contributed by atoms with Gasteiger partial charge in [0, 0.05) is 6.42 Å². The van der Waals surface area contributed by atoms with Gasteiger partial charge in [-0.2, -0.15) is 0 Å². The largest absolute Gasteiger partial charge is 0.460 e. The Morgan fingerprint density at radius 3 is 3.00 bits per heavy atom. The Kier molecular flexibility index (Phi) is 3.29. The minimum absolute atomic E-state index is 0.0432. The van der Waals surface area contributed by atoms with Crippen molar-refractivity contribution in [3.8, 4) is 0 Å². The summed E-state index contributed by atoms with van der Waals surface area (Å²) in [6.45, 7) is 1.86. The van der Waals surface area contributed by atoms with Gasteiger partial charge in [-0.1, -0.05) is 12.2 Å². The maximum Gasteiger partial charge on any atom is 0.309 e. The van der Waals surface area contributed by atoms with Crippen LogP contribution in [0.2, 0.25) is 0 Å². The van der Waals surface area contributed by atoms with Crippen LogP contribution in [-0.4, -0.2) is 23.8 Å². The Morgan fingerprint density at radius 2 is 2.50 bits per heavy atom. The van der Waals surface area contributed by atoms with Crippen molar-refractivity contribution in [3.05, 3.63) is 12.2 Å². The lowest BCUT2D eigenvalue weighted by Crippen LogP contribution is -2.10. The second-order valence-electron chi connectivity index (χ2n) is 2.98. The monoisotopic (exact) mass is 170 g/mol. The summed E-state index contributed by atoms with van der Waals surface area (Å²) < 4.78 is 4.90. The Morgan fingerprint density at radius 1 is 1.75 bits per heavy atom. The van der Waals surface area contributed by atoms with Gasteiger partial charge < -0.3 is 9.84 Å². The van der Waals surface area contributed by atoms with Crippen LogP contribution < -0.4 is 0 Å². The van der Waals surface area contributed by atoms with Crippen LogP contribution in [0.3, 0.4) is 0 Å². The molecule has 1 N–H and O–H groups in total. The van der Waals surface area contributed by atoms with Crippen molar-refractivity contribution in [3.63, 3.8) is 0 Å². The fraction of sp³-hybridized carbons (Fsp3) is 0.667. The molecule has 1 aliphatic rings. The van der Waals surface area contributed by atoms with E-state index >= 15 is 0 Å². The van der Waals surface area contributed by atoms with Crippen molar-refractivity contribution in [2.24, 2.45) is 5.92 Å². The maximum atomic E-state index is 11.1. The van der Waals surface area contributed by atoms with Crippen molar-refractivity contribution in [1.29, 1.82) is 0 Å². The zero-order valence-electron chi connectivity index (χ0n) is 7.19. The van der Waals surface area contributed by atoms with Gasteiger partial charge in [0.1, 0.15) is 6.10 Å². The number of carbonyl (C=O) groups is 1. The molecule has 0 aromatic carbocycles. The summed E-state index contributed by atoms with van der Waals surface area (Å²) in [7, 11) is 0. The number of rotatable bonds is 3. The van der Waals surface area contributed by atoms with Crippen LogP contribution in [0, 0.1) is 5.92 Å². The average Bonchev–Trinajstić information content (AvgIpc) is 2.43. The molecule has 12 heavy (non-hydrogen) atoms. The molecule has 3 nitrogen and oxygen atoms in total. The summed E-state index contributed by atoms with van der Waals surface area (Å²) in [6, 6.07) is 0. The number of aliphatic hydroxyl groups excluding tert-OH is 1. The molecule has 1 saturated heterocycles. The van der Waals surface area contributed by atoms with Crippen molar-refractivity contribution in [1.82, 2.24) is 0 Å². The molecule has 0 unspecified atom stereocenters. The van der Waals surface area contributed by atoms with E-state index in [1.54, 1.807) is 0 Å². The number of hydrogen-bond acceptors (Lipinski definition) is 3. The lowest BCUT2D eigenvalue weighted by Gasteiger charge is -2.01. The predicted molar refractivity (Wildman–Crippen MR) is 44.5 cm³/mol. The molecule has 1 fully saturated rings. The molecule has 1 aliphatic heterocycles. The zero-order valence-corrected chi connectivity index (χ0v) is 7.19. The van der Waals surface area contributed by atoms with E-state index in [0.29, 0.717) is 6.42 Å². The molecular weight excluding hydrogens is 156 g/mol. The molecule has 0 radical (unpaired) electrons. The van der Waals surface area contributed by atoms with Gasteiger partial charge >= 0.3 is 5.97 Å². The molecule has 0 aromatic rings. The minimum Gasteiger partial charge on any atom is -0.460 e. The van der Waals surface area contributed by atoms with E-state index in [9.17, 15) is 4.79 Å². The number of esters is 1. The third-order valence-corrected chi connectivity index (χ3v) is 2.02. The van der Waals surface area contributed by atoms with Crippen LogP contribution in [0.4, 0.5) is 0 Å². The summed E-state index contributed by atoms with van der Waals surface area (Å²) in [5.74, 6) is -0.217. The first-order valence-corrected chi connectivity index (χ1v) is 4.20. The normalized spacial score (nSPS) is 29.7. The zero-order chi connectivity index (χ0) is 8.97. The van der Waals surface area contributed by atoms with Gasteiger partial charge in [0.05, 0.1) is 12.5 Å². The summed E-state index contributed by atoms with van der Waals surface area (Å²) >= 11 is 0. The first-order chi connectivity index (χ1) is 5.77. The van der Waals surface area contributed by atoms with Gasteiger partial charge in [0.15, 0.2) is 0 Å². The molecule has 0 aliphatic carbocycles. The van der Waals surface area contributed by atoms with E-state index in [1.165, 1.54) is 0 Å². The lowest BCUT2D eigenvalue weighted by molar-refractivity contribution is -0.145. The second kappa shape index (κ2) is 4.26. The van der Waals surface area contributed by atoms with Gasteiger partial charge in [-0.05, 0) is 13.3 Å². The molecule has 2 atom stereocenters. The average molecular weight is 170 g/mol. The molecule has 0 spiro atoms. The minimum atomic E-state index is -0.271. The number of cyclic esters (lactones) is 1. The maximum absolute atomic E-state index is 11.1. The smallest absolute Gasteiger partial charge is 0.309 e. The number of allylic oxidation sites excluding steroid dienone is 2. The molecule has 3 heteroatoms. The topological polar surface area (TPSA) is 46.5 Å². The van der Waals surface area contributed by atoms with Crippen LogP contribution >= 0.6 is 0 Å². The Labute approximate surface area is 72.0 Å². The van der Waals surface area contributed by atoms with Crippen LogP contribution in [0.1, 0.15) is 19.8 Å². The molecule has 1 rings (SSSR count). The fourth-order valence-corrected chi connectivity index (χ4v) is 1.33. The van der Waals surface area contributed by atoms with E-state index in [-0.39, 0.29) is 24.6 Å². The van der Waals surface area contributed by atoms with E-state index in [2.05, 4.69) is 0 Å². The Hall–Kier alpha value is -0.830. The third kappa shape index (κ3) is 2.08. The van der Waals surface area contributed by atoms with Gasteiger partial charge in [-0.25, -0.2) is 0 Å². The number of hydrogen-bond donors (Lipinski definition) is 1. The predicted octanol–water partition coefficient (Wildman–Crippen LogP) is 0.877. The highest BCUT2D eigenvalue weighted by atomic mass is 16.6. The Bertz CT molecular complexity index is 186. The van der Waals surface area contributed by atoms with Gasteiger partial charge in [-0.3, -0.25) is 4.79 Å². The molecule has 0 bridgehead atoms. The SMILES string of the molecule is C/C=C/C[C@@H]1C[C@H](CO)OC1=O. The van der Waals surface area contributed by atoms with E-state index < -0.39 is 0 Å². The third-order valence-electron chi connectivity index (χ3n) is 2.02. The molecular formula is C9H14O3. The molecule has 0 aromatic heterocycles. The molecule has 0 amide bonds. The lowest BCUT2D eigenvalue weighted by atomic mass is 10.0. The number of carbonyl (C=O) groups excluding carboxylic acids is 1. The first kappa shape index (κ1) is 9.26. The summed E-state index contributed by atoms with van der Waals surface area (Å²) in [4.78, 5) is 11.1. The standard InChI is InChI=1S/C9H14O3/c1-2-3-4-7-5-8(6-10)12-9(7)11/h2-3,7-8,10H,4-6H2,1H3/b3-2+/t7-,8-/m1/s1. The van der Waals surface area contributed by atoms with Crippen molar-refractivity contribution in [2.75, 3.05) is 6.61 Å². The fourth-order valence-electron chi connectivity index (χ4n) is 1.33. The highest BCUT2D eigenvalue weighted by molar-refractivity contribution is 5.74. The second-order valence-corrected chi connectivity index (χ2v) is 2.98. The highest BCUT2D eigenvalue weighted by Crippen LogP contribution is 2.23. The number of ether oxygens (including phenoxy) is 1. The molecule has 1 heterocycles. The van der Waals surface area contributed by atoms with Crippen molar-refractivity contribution < 1.29 is 14.6 Å². The molecule has 0 saturated carbocycles. The van der Waals surface area contributed by atoms with Crippen LogP contribution in [0.15, 0.2) is 12.2 Å². The first-order valence-electron chi connectivity index (χ1n) is 4.20. The van der Waals surface area contributed by atoms with Gasteiger partial charge in [-0.15, -0.1) is 0 Å². The van der Waals surface area contributed by atoms with E-state index in [1.807, 2.05) is 19.1 Å². The Balaban J connectivity index is 2.41. The van der Waals surface area contributed by atoms with Crippen molar-refractivity contribution in [2.45, 2.75) is 25.9 Å². The van der Waals surface area contributed by atoms with Gasteiger partial charge in [0.2, 0.25) is 0 Å². The van der Waals surface area contributed by atoms with Crippen LogP contribution in [0.25, 0.3) is 0 Å². The van der Waals surface area contributed by atoms with E-state index in [0.717, 1.165) is 6.42 Å². The number of aliphatic hydroxyl groups is 1. The van der Waals surface area contributed by atoms with Crippen molar-refractivity contribution >= 4 is 5.97 Å². The van der Waals surface area contributed by atoms with Crippen LogP contribution in [-0.2, 0) is 9.53 Å². The summed E-state index contributed by atoms with van der Waals surface area (Å²) in [5, 5.41) is 8.73. The quantitative estimate of drug-likeness (QED) is 0.505. The van der Waals surface area contributed by atoms with E-state index in [4.69, 9.17) is 9.84 Å². The summed E-state index contributed by atoms with van der Waals surface area (Å²) in [6.07, 6.45) is 4.98.